The number of nitrogens with two attached hydrogens (primary N) is 1. The van der Waals surface area contributed by atoms with E-state index in [0.29, 0.717) is 28.7 Å². The second-order valence-corrected chi connectivity index (χ2v) is 6.39. The number of nitrogens with zero attached hydrogens (tertiary/aromatic N) is 2. The lowest BCUT2D eigenvalue weighted by atomic mass is 10.2. The van der Waals surface area contributed by atoms with Crippen molar-refractivity contribution >= 4 is 44.5 Å². The van der Waals surface area contributed by atoms with E-state index in [9.17, 15) is 4.79 Å². The van der Waals surface area contributed by atoms with E-state index in [4.69, 9.17) is 10.5 Å². The highest BCUT2D eigenvalue weighted by Gasteiger charge is 2.15. The number of benzene rings is 1. The summed E-state index contributed by atoms with van der Waals surface area (Å²) in [5, 5.41) is 4.35. The molecule has 2 rings (SSSR count). The van der Waals surface area contributed by atoms with Gasteiger partial charge in [-0.3, -0.25) is 4.79 Å². The molecule has 2 aromatic rings. The molecule has 1 heterocycles. The van der Waals surface area contributed by atoms with Crippen LogP contribution in [0.25, 0.3) is 0 Å². The zero-order chi connectivity index (χ0) is 16.8. The number of carbonyl (C=O) groups excluding carboxylic acids is 1. The monoisotopic (exact) mass is 396 g/mol. The summed E-state index contributed by atoms with van der Waals surface area (Å²) < 4.78 is 6.27. The van der Waals surface area contributed by atoms with Gasteiger partial charge in [0.1, 0.15) is 10.6 Å². The molecule has 0 bridgehead atoms. The van der Waals surface area contributed by atoms with Gasteiger partial charge in [-0.1, -0.05) is 18.3 Å². The first kappa shape index (κ1) is 17.4. The number of hydrogen-bond donors (Lipinski definition) is 2. The molecule has 0 radical (unpaired) electrons. The Balaban J connectivity index is 2.03. The van der Waals surface area contributed by atoms with Crippen LogP contribution in [0.4, 0.5) is 5.13 Å². The highest BCUT2D eigenvalue weighted by atomic mass is 79.9. The van der Waals surface area contributed by atoms with E-state index >= 15 is 0 Å². The first-order chi connectivity index (χ1) is 11.0. The van der Waals surface area contributed by atoms with Crippen molar-refractivity contribution in [2.24, 2.45) is 5.10 Å². The van der Waals surface area contributed by atoms with Crippen molar-refractivity contribution in [3.8, 4) is 5.75 Å². The average Bonchev–Trinajstić information content (AvgIpc) is 2.91. The lowest BCUT2D eigenvalue weighted by Crippen LogP contribution is -2.17. The van der Waals surface area contributed by atoms with Crippen LogP contribution in [0.15, 0.2) is 27.8 Å². The smallest absolute Gasteiger partial charge is 0.283 e. The number of rotatable bonds is 6. The Kier molecular flexibility index (Phi) is 6.12. The molecule has 0 saturated carbocycles. The van der Waals surface area contributed by atoms with Crippen LogP contribution in [0.3, 0.4) is 0 Å². The van der Waals surface area contributed by atoms with Gasteiger partial charge < -0.3 is 10.5 Å². The minimum atomic E-state index is -0.308. The number of anilines is 1. The number of aryl methyl sites for hydroxylation is 1. The predicted molar refractivity (Wildman–Crippen MR) is 96.3 cm³/mol. The van der Waals surface area contributed by atoms with Crippen molar-refractivity contribution in [2.45, 2.75) is 20.3 Å². The van der Waals surface area contributed by atoms with Gasteiger partial charge in [0.05, 0.1) is 23.0 Å². The molecule has 0 spiro atoms. The van der Waals surface area contributed by atoms with Crippen LogP contribution in [0.1, 0.15) is 34.8 Å². The fourth-order valence-corrected chi connectivity index (χ4v) is 3.20. The van der Waals surface area contributed by atoms with Gasteiger partial charge in [0, 0.05) is 0 Å². The van der Waals surface area contributed by atoms with E-state index in [2.05, 4.69) is 31.4 Å². The zero-order valence-electron chi connectivity index (χ0n) is 12.8. The van der Waals surface area contributed by atoms with Gasteiger partial charge in [0.25, 0.3) is 5.91 Å². The van der Waals surface area contributed by atoms with Crippen LogP contribution in [0.2, 0.25) is 0 Å². The zero-order valence-corrected chi connectivity index (χ0v) is 15.2. The summed E-state index contributed by atoms with van der Waals surface area (Å²) in [6.07, 6.45) is 2.21. The predicted octanol–water partition coefficient (Wildman–Crippen LogP) is 3.21. The molecule has 3 N–H and O–H groups in total. The second-order valence-electron chi connectivity index (χ2n) is 4.50. The van der Waals surface area contributed by atoms with Gasteiger partial charge in [-0.15, -0.1) is 0 Å². The highest BCUT2D eigenvalue weighted by molar-refractivity contribution is 9.10. The number of nitrogens with one attached hydrogen (secondary N) is 1. The Morgan fingerprint density at radius 1 is 1.52 bits per heavy atom. The minimum Gasteiger partial charge on any atom is -0.493 e. The van der Waals surface area contributed by atoms with Crippen molar-refractivity contribution in [1.82, 2.24) is 10.4 Å². The summed E-state index contributed by atoms with van der Waals surface area (Å²) in [6.45, 7) is 4.44. The Bertz CT molecular complexity index is 730. The maximum Gasteiger partial charge on any atom is 0.283 e. The summed E-state index contributed by atoms with van der Waals surface area (Å²) in [5.74, 6) is 0.457. The summed E-state index contributed by atoms with van der Waals surface area (Å²) in [6, 6.07) is 5.56. The first-order valence-electron chi connectivity index (χ1n) is 7.06. The number of halogens is 1. The highest BCUT2D eigenvalue weighted by Crippen LogP contribution is 2.25. The third-order valence-corrected chi connectivity index (χ3v) is 4.44. The van der Waals surface area contributed by atoms with Crippen molar-refractivity contribution in [3.63, 3.8) is 0 Å². The molecule has 23 heavy (non-hydrogen) atoms. The maximum atomic E-state index is 12.1. The fraction of sp³-hybridized carbons (Fsp3) is 0.267. The fourth-order valence-electron chi connectivity index (χ4n) is 1.87. The second kappa shape index (κ2) is 8.07. The summed E-state index contributed by atoms with van der Waals surface area (Å²) in [7, 11) is 0. The summed E-state index contributed by atoms with van der Waals surface area (Å²) in [5.41, 5.74) is 9.65. The Labute approximate surface area is 146 Å². The number of hydrazone groups is 1. The molecule has 122 valence electrons. The molecule has 0 aliphatic heterocycles. The van der Waals surface area contributed by atoms with E-state index in [1.165, 1.54) is 0 Å². The number of thiazole rings is 1. The number of nitrogen functional groups attached to an aromatic ring is 1. The normalized spacial score (nSPS) is 10.9. The van der Waals surface area contributed by atoms with Crippen molar-refractivity contribution < 1.29 is 9.53 Å². The van der Waals surface area contributed by atoms with Crippen LogP contribution in [0, 0.1) is 0 Å². The Morgan fingerprint density at radius 2 is 2.30 bits per heavy atom. The van der Waals surface area contributed by atoms with Gasteiger partial charge in [-0.05, 0) is 53.0 Å². The van der Waals surface area contributed by atoms with E-state index in [0.717, 1.165) is 27.1 Å². The number of hydrogen-bond acceptors (Lipinski definition) is 6. The van der Waals surface area contributed by atoms with Gasteiger partial charge in [0.2, 0.25) is 0 Å². The molecule has 0 aliphatic rings. The molecule has 1 aromatic heterocycles. The van der Waals surface area contributed by atoms with Crippen LogP contribution in [-0.4, -0.2) is 23.7 Å². The van der Waals surface area contributed by atoms with Crippen LogP contribution >= 0.6 is 27.3 Å². The third kappa shape index (κ3) is 4.52. The minimum absolute atomic E-state index is 0.308. The molecular formula is C15H17BrN4O2S. The van der Waals surface area contributed by atoms with E-state index in [-0.39, 0.29) is 5.91 Å². The van der Waals surface area contributed by atoms with Gasteiger partial charge in [-0.25, -0.2) is 10.4 Å². The Morgan fingerprint density at radius 3 is 2.96 bits per heavy atom. The number of carbonyl (C=O) groups is 1. The third-order valence-electron chi connectivity index (χ3n) is 2.89. The lowest BCUT2D eigenvalue weighted by Gasteiger charge is -2.05. The largest absolute Gasteiger partial charge is 0.493 e. The molecule has 1 aromatic carbocycles. The topological polar surface area (TPSA) is 89.6 Å². The number of amides is 1. The molecule has 6 nitrogen and oxygen atoms in total. The molecule has 0 saturated heterocycles. The standard InChI is InChI=1S/C15H17BrN4O2S/c1-3-11-13(23-15(17)19-11)14(21)20-18-8-9-5-6-12(22-4-2)10(16)7-9/h5-8H,3-4H2,1-2H3,(H2,17,19)(H,20,21)/b18-8-. The van der Waals surface area contributed by atoms with Crippen LogP contribution < -0.4 is 15.9 Å². The van der Waals surface area contributed by atoms with Gasteiger partial charge in [-0.2, -0.15) is 5.10 Å². The quantitative estimate of drug-likeness (QED) is 0.579. The molecular weight excluding hydrogens is 380 g/mol. The van der Waals surface area contributed by atoms with Gasteiger partial charge in [0.15, 0.2) is 5.13 Å². The average molecular weight is 397 g/mol. The summed E-state index contributed by atoms with van der Waals surface area (Å²) in [4.78, 5) is 16.7. The molecule has 1 amide bonds. The molecule has 0 fully saturated rings. The molecule has 8 heteroatoms. The maximum absolute atomic E-state index is 12.1. The van der Waals surface area contributed by atoms with Gasteiger partial charge >= 0.3 is 0 Å². The number of ether oxygens (including phenoxy) is 1. The van der Waals surface area contributed by atoms with Crippen molar-refractivity contribution in [2.75, 3.05) is 12.3 Å². The van der Waals surface area contributed by atoms with Crippen LogP contribution in [-0.2, 0) is 6.42 Å². The van der Waals surface area contributed by atoms with E-state index < -0.39 is 0 Å². The SMILES string of the molecule is CCOc1ccc(/C=N\NC(=O)c2sc(N)nc2CC)cc1Br. The molecule has 0 unspecified atom stereocenters. The van der Waals surface area contributed by atoms with E-state index in [1.54, 1.807) is 6.21 Å². The Hall–Kier alpha value is -1.93. The van der Waals surface area contributed by atoms with Crippen molar-refractivity contribution in [3.05, 3.63) is 38.8 Å². The van der Waals surface area contributed by atoms with Crippen molar-refractivity contribution in [1.29, 1.82) is 0 Å². The lowest BCUT2D eigenvalue weighted by molar-refractivity contribution is 0.0958. The molecule has 0 atom stereocenters. The number of aromatic nitrogens is 1. The van der Waals surface area contributed by atoms with E-state index in [1.807, 2.05) is 32.0 Å². The molecule has 0 aliphatic carbocycles. The summed E-state index contributed by atoms with van der Waals surface area (Å²) >= 11 is 4.59. The first-order valence-corrected chi connectivity index (χ1v) is 8.67. The van der Waals surface area contributed by atoms with Crippen LogP contribution in [0.5, 0.6) is 5.75 Å².